The van der Waals surface area contributed by atoms with E-state index in [4.69, 9.17) is 5.73 Å². The normalized spacial score (nSPS) is 23.3. The average Bonchev–Trinajstić information content (AvgIpc) is 2.87. The zero-order chi connectivity index (χ0) is 13.7. The molecule has 1 fully saturated rings. The lowest BCUT2D eigenvalue weighted by Gasteiger charge is -2.27. The molecular weight excluding hydrogens is 256 g/mol. The second-order valence-electron chi connectivity index (χ2n) is 5.41. The van der Waals surface area contributed by atoms with E-state index in [0.29, 0.717) is 18.9 Å². The molecule has 1 aliphatic carbocycles. The molecule has 0 saturated heterocycles. The molecule has 1 heterocycles. The van der Waals surface area contributed by atoms with Gasteiger partial charge in [-0.15, -0.1) is 11.3 Å². The maximum atomic E-state index is 11.9. The smallest absolute Gasteiger partial charge is 0.220 e. The molecule has 19 heavy (non-hydrogen) atoms. The van der Waals surface area contributed by atoms with E-state index in [9.17, 15) is 4.79 Å². The van der Waals surface area contributed by atoms with Gasteiger partial charge in [-0.3, -0.25) is 4.79 Å². The highest BCUT2D eigenvalue weighted by Gasteiger charge is 2.23. The van der Waals surface area contributed by atoms with Gasteiger partial charge in [0.15, 0.2) is 0 Å². The van der Waals surface area contributed by atoms with Gasteiger partial charge in [-0.2, -0.15) is 0 Å². The molecule has 0 aromatic carbocycles. The largest absolute Gasteiger partial charge is 0.351 e. The Bertz CT molecular complexity index is 416. The Kier molecular flexibility index (Phi) is 5.40. The van der Waals surface area contributed by atoms with Crippen LogP contribution in [-0.4, -0.2) is 11.9 Å². The van der Waals surface area contributed by atoms with Crippen LogP contribution < -0.4 is 11.1 Å². The van der Waals surface area contributed by atoms with Gasteiger partial charge in [0.1, 0.15) is 0 Å². The summed E-state index contributed by atoms with van der Waals surface area (Å²) in [7, 11) is 0. The Morgan fingerprint density at radius 1 is 1.37 bits per heavy atom. The molecule has 1 aromatic heterocycles. The van der Waals surface area contributed by atoms with Gasteiger partial charge >= 0.3 is 0 Å². The Hall–Kier alpha value is -0.870. The van der Waals surface area contributed by atoms with E-state index in [1.165, 1.54) is 22.6 Å². The summed E-state index contributed by atoms with van der Waals surface area (Å²) in [6.07, 6.45) is 6.27. The first kappa shape index (κ1) is 14.5. The maximum absolute atomic E-state index is 11.9. The zero-order valence-corrected chi connectivity index (χ0v) is 12.5. The van der Waals surface area contributed by atoms with Gasteiger partial charge in [-0.05, 0) is 37.3 Å². The number of hydrogen-bond donors (Lipinski definition) is 2. The summed E-state index contributed by atoms with van der Waals surface area (Å²) in [5, 5.41) is 3.02. The van der Waals surface area contributed by atoms with E-state index in [0.717, 1.165) is 19.3 Å². The molecular formula is C15H24N2OS. The SMILES string of the molecule is CCc1ccc(CNC(=O)CC2CCCCC2N)s1. The van der Waals surface area contributed by atoms with E-state index in [2.05, 4.69) is 24.4 Å². The van der Waals surface area contributed by atoms with Crippen molar-refractivity contribution in [1.29, 1.82) is 0 Å². The standard InChI is InChI=1S/C15H24N2OS/c1-2-12-7-8-13(19-12)10-17-15(18)9-11-5-3-4-6-14(11)16/h7-8,11,14H,2-6,9-10,16H2,1H3,(H,17,18). The van der Waals surface area contributed by atoms with Crippen LogP contribution in [0.15, 0.2) is 12.1 Å². The predicted molar refractivity (Wildman–Crippen MR) is 80.1 cm³/mol. The van der Waals surface area contributed by atoms with Crippen molar-refractivity contribution in [2.45, 2.75) is 58.0 Å². The minimum atomic E-state index is 0.147. The molecule has 3 N–H and O–H groups in total. The van der Waals surface area contributed by atoms with Gasteiger partial charge in [0.2, 0.25) is 5.91 Å². The van der Waals surface area contributed by atoms with Crippen LogP contribution in [0, 0.1) is 5.92 Å². The summed E-state index contributed by atoms with van der Waals surface area (Å²) in [5.74, 6) is 0.525. The summed E-state index contributed by atoms with van der Waals surface area (Å²) in [6, 6.07) is 4.47. The fourth-order valence-electron chi connectivity index (χ4n) is 2.69. The number of aryl methyl sites for hydroxylation is 1. The van der Waals surface area contributed by atoms with Crippen LogP contribution in [0.5, 0.6) is 0 Å². The number of amides is 1. The first-order valence-electron chi connectivity index (χ1n) is 7.29. The summed E-state index contributed by atoms with van der Waals surface area (Å²) in [4.78, 5) is 14.6. The molecule has 0 radical (unpaired) electrons. The lowest BCUT2D eigenvalue weighted by molar-refractivity contribution is -0.122. The molecule has 2 rings (SSSR count). The first-order chi connectivity index (χ1) is 9.19. The van der Waals surface area contributed by atoms with Gasteiger partial charge in [-0.1, -0.05) is 19.8 Å². The molecule has 1 aromatic rings. The van der Waals surface area contributed by atoms with Crippen LogP contribution in [-0.2, 0) is 17.8 Å². The molecule has 2 atom stereocenters. The van der Waals surface area contributed by atoms with Crippen molar-refractivity contribution in [2.75, 3.05) is 0 Å². The van der Waals surface area contributed by atoms with Crippen LogP contribution in [0.1, 0.15) is 48.8 Å². The average molecular weight is 280 g/mol. The number of hydrogen-bond acceptors (Lipinski definition) is 3. The van der Waals surface area contributed by atoms with E-state index >= 15 is 0 Å². The molecule has 1 saturated carbocycles. The quantitative estimate of drug-likeness (QED) is 0.871. The highest BCUT2D eigenvalue weighted by Crippen LogP contribution is 2.25. The van der Waals surface area contributed by atoms with Crippen molar-refractivity contribution in [2.24, 2.45) is 11.7 Å². The van der Waals surface area contributed by atoms with Crippen LogP contribution in [0.2, 0.25) is 0 Å². The van der Waals surface area contributed by atoms with Gasteiger partial charge in [0.25, 0.3) is 0 Å². The van der Waals surface area contributed by atoms with Crippen molar-refractivity contribution >= 4 is 17.2 Å². The van der Waals surface area contributed by atoms with Crippen LogP contribution in [0.25, 0.3) is 0 Å². The molecule has 1 amide bonds. The molecule has 2 unspecified atom stereocenters. The number of nitrogens with two attached hydrogens (primary N) is 1. The van der Waals surface area contributed by atoms with Crippen molar-refractivity contribution in [3.63, 3.8) is 0 Å². The van der Waals surface area contributed by atoms with Crippen molar-refractivity contribution in [3.05, 3.63) is 21.9 Å². The van der Waals surface area contributed by atoms with E-state index in [1.54, 1.807) is 11.3 Å². The van der Waals surface area contributed by atoms with Crippen molar-refractivity contribution < 1.29 is 4.79 Å². The minimum absolute atomic E-state index is 0.147. The summed E-state index contributed by atoms with van der Waals surface area (Å²) in [5.41, 5.74) is 6.08. The van der Waals surface area contributed by atoms with E-state index in [1.807, 2.05) is 0 Å². The predicted octanol–water partition coefficient (Wildman–Crippen LogP) is 2.83. The lowest BCUT2D eigenvalue weighted by Crippen LogP contribution is -2.36. The number of carbonyl (C=O) groups is 1. The number of carbonyl (C=O) groups excluding carboxylic acids is 1. The first-order valence-corrected chi connectivity index (χ1v) is 8.10. The summed E-state index contributed by atoms with van der Waals surface area (Å²) < 4.78 is 0. The second kappa shape index (κ2) is 7.06. The van der Waals surface area contributed by atoms with Crippen molar-refractivity contribution in [1.82, 2.24) is 5.32 Å². The minimum Gasteiger partial charge on any atom is -0.351 e. The number of rotatable bonds is 5. The highest BCUT2D eigenvalue weighted by atomic mass is 32.1. The monoisotopic (exact) mass is 280 g/mol. The topological polar surface area (TPSA) is 55.1 Å². The fraction of sp³-hybridized carbons (Fsp3) is 0.667. The molecule has 0 bridgehead atoms. The van der Waals surface area contributed by atoms with Gasteiger partial charge < -0.3 is 11.1 Å². The van der Waals surface area contributed by atoms with Crippen LogP contribution in [0.3, 0.4) is 0 Å². The third-order valence-corrected chi connectivity index (χ3v) is 5.17. The number of thiophene rings is 1. The molecule has 1 aliphatic rings. The third kappa shape index (κ3) is 4.32. The third-order valence-electron chi connectivity index (χ3n) is 3.94. The summed E-state index contributed by atoms with van der Waals surface area (Å²) in [6.45, 7) is 2.81. The Morgan fingerprint density at radius 3 is 2.79 bits per heavy atom. The Balaban J connectivity index is 1.74. The zero-order valence-electron chi connectivity index (χ0n) is 11.7. The Labute approximate surface area is 119 Å². The molecule has 3 nitrogen and oxygen atoms in total. The van der Waals surface area contributed by atoms with Gasteiger partial charge in [0.05, 0.1) is 6.54 Å². The van der Waals surface area contributed by atoms with Crippen molar-refractivity contribution in [3.8, 4) is 0 Å². The molecule has 4 heteroatoms. The highest BCUT2D eigenvalue weighted by molar-refractivity contribution is 7.11. The van der Waals surface area contributed by atoms with E-state index in [-0.39, 0.29) is 11.9 Å². The number of nitrogens with one attached hydrogen (secondary N) is 1. The molecule has 0 aliphatic heterocycles. The van der Waals surface area contributed by atoms with Gasteiger partial charge in [0, 0.05) is 22.2 Å². The maximum Gasteiger partial charge on any atom is 0.220 e. The molecule has 0 spiro atoms. The fourth-order valence-corrected chi connectivity index (χ4v) is 3.59. The van der Waals surface area contributed by atoms with Crippen LogP contribution >= 0.6 is 11.3 Å². The van der Waals surface area contributed by atoms with E-state index < -0.39 is 0 Å². The lowest BCUT2D eigenvalue weighted by atomic mass is 9.83. The van der Waals surface area contributed by atoms with Crippen LogP contribution in [0.4, 0.5) is 0 Å². The second-order valence-corrected chi connectivity index (χ2v) is 6.66. The summed E-state index contributed by atoms with van der Waals surface area (Å²) >= 11 is 1.78. The van der Waals surface area contributed by atoms with Gasteiger partial charge in [-0.25, -0.2) is 0 Å². The molecule has 106 valence electrons. The Morgan fingerprint density at radius 2 is 2.11 bits per heavy atom.